The Morgan fingerprint density at radius 3 is 2.95 bits per heavy atom. The van der Waals surface area contributed by atoms with Gasteiger partial charge in [-0.15, -0.1) is 0 Å². The van der Waals surface area contributed by atoms with Gasteiger partial charge >= 0.3 is 0 Å². The average molecular weight is 288 g/mol. The summed E-state index contributed by atoms with van der Waals surface area (Å²) in [6.07, 6.45) is 4.97. The Morgan fingerprint density at radius 2 is 2.14 bits per heavy atom. The summed E-state index contributed by atoms with van der Waals surface area (Å²) in [5, 5.41) is 3.47. The smallest absolute Gasteiger partial charge is 0.122 e. The number of nitrogens with zero attached hydrogens (tertiary/aromatic N) is 1. The predicted octanol–water partition coefficient (Wildman–Crippen LogP) is 2.83. The molecular formula is C18H28N2O. The molecule has 0 aromatic heterocycles. The second kappa shape index (κ2) is 7.28. The number of fused-ring (bicyclic) bond motifs is 1. The van der Waals surface area contributed by atoms with Crippen molar-refractivity contribution in [3.05, 3.63) is 29.3 Å². The monoisotopic (exact) mass is 288 g/mol. The van der Waals surface area contributed by atoms with Crippen LogP contribution in [0.15, 0.2) is 18.2 Å². The first-order chi connectivity index (χ1) is 10.3. The lowest BCUT2D eigenvalue weighted by Crippen LogP contribution is -2.36. The molecule has 0 unspecified atom stereocenters. The normalized spacial score (nSPS) is 18.8. The van der Waals surface area contributed by atoms with Crippen molar-refractivity contribution in [3.8, 4) is 5.75 Å². The van der Waals surface area contributed by atoms with Crippen molar-refractivity contribution < 1.29 is 4.74 Å². The molecule has 0 amide bonds. The third kappa shape index (κ3) is 3.98. The molecule has 2 heterocycles. The first-order valence-electron chi connectivity index (χ1n) is 8.53. The number of rotatable bonds is 6. The number of hydrogen-bond donors (Lipinski definition) is 1. The highest BCUT2D eigenvalue weighted by atomic mass is 16.5. The van der Waals surface area contributed by atoms with Gasteiger partial charge in [-0.25, -0.2) is 0 Å². The Morgan fingerprint density at radius 1 is 1.29 bits per heavy atom. The molecule has 0 aliphatic carbocycles. The molecule has 3 rings (SSSR count). The number of benzene rings is 1. The van der Waals surface area contributed by atoms with Gasteiger partial charge < -0.3 is 10.1 Å². The van der Waals surface area contributed by atoms with Gasteiger partial charge in [0.1, 0.15) is 5.75 Å². The van der Waals surface area contributed by atoms with Crippen molar-refractivity contribution in [2.75, 3.05) is 32.8 Å². The summed E-state index contributed by atoms with van der Waals surface area (Å²) >= 11 is 0. The van der Waals surface area contributed by atoms with E-state index in [2.05, 4.69) is 35.3 Å². The molecule has 2 aliphatic rings. The number of ether oxygens (including phenoxy) is 1. The molecule has 1 fully saturated rings. The minimum Gasteiger partial charge on any atom is -0.493 e. The van der Waals surface area contributed by atoms with Crippen molar-refractivity contribution in [1.29, 1.82) is 0 Å². The fourth-order valence-corrected chi connectivity index (χ4v) is 3.58. The molecule has 1 aromatic carbocycles. The van der Waals surface area contributed by atoms with Gasteiger partial charge in [-0.1, -0.05) is 19.1 Å². The summed E-state index contributed by atoms with van der Waals surface area (Å²) in [6.45, 7) is 9.08. The Balaban J connectivity index is 1.61. The quantitative estimate of drug-likeness (QED) is 0.871. The van der Waals surface area contributed by atoms with E-state index < -0.39 is 0 Å². The van der Waals surface area contributed by atoms with Gasteiger partial charge in [0.25, 0.3) is 0 Å². The van der Waals surface area contributed by atoms with E-state index in [4.69, 9.17) is 4.74 Å². The minimum absolute atomic E-state index is 0.854. The van der Waals surface area contributed by atoms with E-state index in [0.717, 1.165) is 31.2 Å². The molecule has 0 spiro atoms. The van der Waals surface area contributed by atoms with Crippen LogP contribution in [0.1, 0.15) is 37.3 Å². The zero-order valence-corrected chi connectivity index (χ0v) is 13.2. The van der Waals surface area contributed by atoms with Gasteiger partial charge in [-0.05, 0) is 62.0 Å². The molecule has 0 bridgehead atoms. The fourth-order valence-electron chi connectivity index (χ4n) is 3.58. The van der Waals surface area contributed by atoms with Crippen LogP contribution in [0.4, 0.5) is 0 Å². The average Bonchev–Trinajstić information content (AvgIpc) is 2.96. The lowest BCUT2D eigenvalue weighted by Gasteiger charge is -2.30. The lowest BCUT2D eigenvalue weighted by molar-refractivity contribution is 0.199. The maximum Gasteiger partial charge on any atom is 0.122 e. The van der Waals surface area contributed by atoms with Gasteiger partial charge in [0.2, 0.25) is 0 Å². The van der Waals surface area contributed by atoms with Gasteiger partial charge in [0.05, 0.1) is 6.61 Å². The Bertz CT molecular complexity index is 455. The van der Waals surface area contributed by atoms with E-state index >= 15 is 0 Å². The molecular weight excluding hydrogens is 260 g/mol. The van der Waals surface area contributed by atoms with E-state index in [1.807, 2.05) is 0 Å². The van der Waals surface area contributed by atoms with Crippen molar-refractivity contribution in [2.45, 2.75) is 39.2 Å². The summed E-state index contributed by atoms with van der Waals surface area (Å²) in [5.74, 6) is 1.97. The highest BCUT2D eigenvalue weighted by Crippen LogP contribution is 2.26. The summed E-state index contributed by atoms with van der Waals surface area (Å²) in [5.41, 5.74) is 2.84. The van der Waals surface area contributed by atoms with Crippen LogP contribution in [-0.2, 0) is 13.0 Å². The molecule has 2 aliphatic heterocycles. The van der Waals surface area contributed by atoms with Crippen LogP contribution < -0.4 is 10.1 Å². The number of hydrogen-bond acceptors (Lipinski definition) is 3. The molecule has 0 atom stereocenters. The topological polar surface area (TPSA) is 24.5 Å². The second-order valence-corrected chi connectivity index (χ2v) is 6.47. The molecule has 116 valence electrons. The van der Waals surface area contributed by atoms with E-state index in [1.54, 1.807) is 0 Å². The maximum absolute atomic E-state index is 5.61. The van der Waals surface area contributed by atoms with Crippen LogP contribution in [-0.4, -0.2) is 37.7 Å². The van der Waals surface area contributed by atoms with Gasteiger partial charge in [-0.2, -0.15) is 0 Å². The van der Waals surface area contributed by atoms with E-state index in [9.17, 15) is 0 Å². The molecule has 1 aromatic rings. The van der Waals surface area contributed by atoms with Crippen molar-refractivity contribution in [3.63, 3.8) is 0 Å². The van der Waals surface area contributed by atoms with Crippen LogP contribution in [0.2, 0.25) is 0 Å². The Hall–Kier alpha value is -1.06. The first kappa shape index (κ1) is 14.9. The molecule has 0 radical (unpaired) electrons. The molecule has 3 heteroatoms. The second-order valence-electron chi connectivity index (χ2n) is 6.47. The molecule has 1 N–H and O–H groups in total. The summed E-state index contributed by atoms with van der Waals surface area (Å²) in [6, 6.07) is 6.76. The van der Waals surface area contributed by atoms with E-state index in [-0.39, 0.29) is 0 Å². The van der Waals surface area contributed by atoms with Crippen LogP contribution in [0, 0.1) is 5.92 Å². The summed E-state index contributed by atoms with van der Waals surface area (Å²) in [4.78, 5) is 2.65. The van der Waals surface area contributed by atoms with Crippen LogP contribution in [0.3, 0.4) is 0 Å². The Kier molecular flexibility index (Phi) is 5.15. The molecule has 3 nitrogen and oxygen atoms in total. The first-order valence-corrected chi connectivity index (χ1v) is 8.53. The maximum atomic E-state index is 5.61. The largest absolute Gasteiger partial charge is 0.493 e. The lowest BCUT2D eigenvalue weighted by atomic mass is 9.97. The third-order valence-electron chi connectivity index (χ3n) is 4.68. The predicted molar refractivity (Wildman–Crippen MR) is 86.8 cm³/mol. The van der Waals surface area contributed by atoms with Gasteiger partial charge in [-0.3, -0.25) is 4.90 Å². The third-order valence-corrected chi connectivity index (χ3v) is 4.68. The highest BCUT2D eigenvalue weighted by molar-refractivity contribution is 5.39. The highest BCUT2D eigenvalue weighted by Gasteiger charge is 2.18. The fraction of sp³-hybridized carbons (Fsp3) is 0.667. The summed E-state index contributed by atoms with van der Waals surface area (Å²) < 4.78 is 5.61. The molecule has 21 heavy (non-hydrogen) atoms. The van der Waals surface area contributed by atoms with Gasteiger partial charge in [0, 0.05) is 19.5 Å². The molecule has 1 saturated heterocycles. The number of piperidine rings is 1. The van der Waals surface area contributed by atoms with Gasteiger partial charge in [0.15, 0.2) is 0 Å². The standard InChI is InChI=1S/C18H28N2O/c1-2-10-20(13-15-5-8-19-9-6-15)14-16-3-4-18-17(12-16)7-11-21-18/h3-4,12,15,19H,2,5-11,13-14H2,1H3. The SMILES string of the molecule is CCCN(Cc1ccc2c(c1)CCO2)CC1CCNCC1. The van der Waals surface area contributed by atoms with Crippen molar-refractivity contribution in [2.24, 2.45) is 5.92 Å². The van der Waals surface area contributed by atoms with Crippen LogP contribution in [0.25, 0.3) is 0 Å². The van der Waals surface area contributed by atoms with Crippen LogP contribution in [0.5, 0.6) is 5.75 Å². The van der Waals surface area contributed by atoms with Crippen molar-refractivity contribution in [1.82, 2.24) is 10.2 Å². The van der Waals surface area contributed by atoms with E-state index in [1.165, 1.54) is 56.6 Å². The number of nitrogens with one attached hydrogen (secondary N) is 1. The van der Waals surface area contributed by atoms with Crippen LogP contribution >= 0.6 is 0 Å². The molecule has 0 saturated carbocycles. The zero-order valence-electron chi connectivity index (χ0n) is 13.2. The summed E-state index contributed by atoms with van der Waals surface area (Å²) in [7, 11) is 0. The minimum atomic E-state index is 0.854. The zero-order chi connectivity index (χ0) is 14.5. The van der Waals surface area contributed by atoms with Crippen molar-refractivity contribution >= 4 is 0 Å². The van der Waals surface area contributed by atoms with E-state index in [0.29, 0.717) is 0 Å². The Labute approximate surface area is 128 Å².